The summed E-state index contributed by atoms with van der Waals surface area (Å²) in [5, 5.41) is 17.1. The van der Waals surface area contributed by atoms with E-state index in [0.29, 0.717) is 29.0 Å². The molecule has 2 unspecified atom stereocenters. The van der Waals surface area contributed by atoms with E-state index < -0.39 is 6.10 Å². The molecule has 0 bridgehead atoms. The molecule has 0 amide bonds. The Labute approximate surface area is 181 Å². The Morgan fingerprint density at radius 1 is 1.07 bits per heavy atom. The first-order valence-electron chi connectivity index (χ1n) is 9.35. The van der Waals surface area contributed by atoms with E-state index in [-0.39, 0.29) is 30.5 Å². The van der Waals surface area contributed by atoms with Crippen LogP contribution in [0, 0.1) is 5.92 Å². The van der Waals surface area contributed by atoms with E-state index in [0.717, 1.165) is 18.9 Å². The molecule has 7 heteroatoms. The van der Waals surface area contributed by atoms with E-state index in [4.69, 9.17) is 9.47 Å². The van der Waals surface area contributed by atoms with Crippen molar-refractivity contribution < 1.29 is 14.6 Å². The number of hydrogen-bond donors (Lipinski definition) is 3. The van der Waals surface area contributed by atoms with Crippen LogP contribution < -0.4 is 20.1 Å². The van der Waals surface area contributed by atoms with Crippen molar-refractivity contribution in [3.63, 3.8) is 0 Å². The molecule has 0 saturated carbocycles. The molecule has 1 rings (SSSR count). The highest BCUT2D eigenvalue weighted by Gasteiger charge is 2.12. The maximum Gasteiger partial charge on any atom is 0.191 e. The lowest BCUT2D eigenvalue weighted by molar-refractivity contribution is 0.186. The number of methoxy groups -OCH3 is 2. The van der Waals surface area contributed by atoms with Gasteiger partial charge in [-0.15, -0.1) is 24.0 Å². The zero-order chi connectivity index (χ0) is 19.5. The number of rotatable bonds is 10. The Morgan fingerprint density at radius 3 is 2.15 bits per heavy atom. The normalized spacial score (nSPS) is 13.6. The van der Waals surface area contributed by atoms with Gasteiger partial charge in [-0.05, 0) is 50.3 Å². The fourth-order valence-corrected chi connectivity index (χ4v) is 2.51. The van der Waals surface area contributed by atoms with E-state index in [9.17, 15) is 5.11 Å². The van der Waals surface area contributed by atoms with Crippen LogP contribution in [0.25, 0.3) is 0 Å². The zero-order valence-electron chi connectivity index (χ0n) is 17.4. The van der Waals surface area contributed by atoms with E-state index in [2.05, 4.69) is 36.4 Å². The third kappa shape index (κ3) is 10.0. The van der Waals surface area contributed by atoms with Gasteiger partial charge in [0.25, 0.3) is 0 Å². The molecule has 6 nitrogen and oxygen atoms in total. The molecule has 27 heavy (non-hydrogen) atoms. The van der Waals surface area contributed by atoms with Crippen molar-refractivity contribution in [2.24, 2.45) is 10.9 Å². The number of nitrogens with one attached hydrogen (secondary N) is 2. The molecule has 2 atom stereocenters. The third-order valence-corrected chi connectivity index (χ3v) is 4.09. The summed E-state index contributed by atoms with van der Waals surface area (Å²) in [6.45, 7) is 9.65. The molecule has 0 aliphatic rings. The molecule has 0 fully saturated rings. The van der Waals surface area contributed by atoms with Crippen LogP contribution in [-0.2, 0) is 0 Å². The number of aliphatic hydroxyl groups excluding tert-OH is 1. The number of aliphatic imine (C=N–C) groups is 1. The Morgan fingerprint density at radius 2 is 1.67 bits per heavy atom. The molecule has 1 aromatic carbocycles. The van der Waals surface area contributed by atoms with Gasteiger partial charge in [-0.1, -0.05) is 13.8 Å². The summed E-state index contributed by atoms with van der Waals surface area (Å²) in [7, 11) is 3.18. The van der Waals surface area contributed by atoms with Crippen LogP contribution in [0.1, 0.15) is 52.2 Å². The molecule has 3 N–H and O–H groups in total. The lowest BCUT2D eigenvalue weighted by Gasteiger charge is -2.19. The fraction of sp³-hybridized carbons (Fsp3) is 0.650. The van der Waals surface area contributed by atoms with E-state index >= 15 is 0 Å². The highest BCUT2D eigenvalue weighted by molar-refractivity contribution is 14.0. The number of guanidine groups is 1. The summed E-state index contributed by atoms with van der Waals surface area (Å²) in [4.78, 5) is 4.53. The molecule has 1 aromatic rings. The Balaban J connectivity index is 0.00000676. The van der Waals surface area contributed by atoms with Crippen molar-refractivity contribution in [2.75, 3.05) is 27.3 Å². The molecule has 0 heterocycles. The number of benzene rings is 1. The van der Waals surface area contributed by atoms with Crippen LogP contribution in [0.4, 0.5) is 0 Å². The van der Waals surface area contributed by atoms with Crippen molar-refractivity contribution >= 4 is 29.9 Å². The number of nitrogens with zero attached hydrogens (tertiary/aromatic N) is 1. The topological polar surface area (TPSA) is 75.1 Å². The van der Waals surface area contributed by atoms with Crippen molar-refractivity contribution in [3.8, 4) is 11.5 Å². The van der Waals surface area contributed by atoms with Crippen LogP contribution in [-0.4, -0.2) is 44.4 Å². The highest BCUT2D eigenvalue weighted by atomic mass is 127. The van der Waals surface area contributed by atoms with Crippen molar-refractivity contribution in [1.82, 2.24) is 10.6 Å². The van der Waals surface area contributed by atoms with Crippen LogP contribution in [0.2, 0.25) is 0 Å². The largest absolute Gasteiger partial charge is 0.497 e. The molecule has 156 valence electrons. The summed E-state index contributed by atoms with van der Waals surface area (Å²) < 4.78 is 10.5. The maximum absolute atomic E-state index is 10.5. The van der Waals surface area contributed by atoms with E-state index in [1.807, 2.05) is 6.92 Å². The Kier molecular flexibility index (Phi) is 13.2. The van der Waals surface area contributed by atoms with Gasteiger partial charge in [0.2, 0.25) is 0 Å². The molecule has 0 radical (unpaired) electrons. The molecule has 0 aliphatic heterocycles. The second-order valence-electron chi connectivity index (χ2n) is 6.90. The van der Waals surface area contributed by atoms with Gasteiger partial charge >= 0.3 is 0 Å². The van der Waals surface area contributed by atoms with Crippen LogP contribution in [0.5, 0.6) is 11.5 Å². The molecular formula is C20H36IN3O3. The Hall–Kier alpha value is -1.22. The van der Waals surface area contributed by atoms with Crippen molar-refractivity contribution in [3.05, 3.63) is 23.8 Å². The SMILES string of the molecule is CCNC(=NCC(O)c1cc(OC)cc(OC)c1)NC(C)CCC(C)C.I. The number of aliphatic hydroxyl groups is 1. The Bertz CT molecular complexity index is 545. The second-order valence-corrected chi connectivity index (χ2v) is 6.90. The average molecular weight is 493 g/mol. The van der Waals surface area contributed by atoms with Gasteiger partial charge in [-0.2, -0.15) is 0 Å². The third-order valence-electron chi connectivity index (χ3n) is 4.09. The molecule has 0 aliphatic carbocycles. The predicted molar refractivity (Wildman–Crippen MR) is 123 cm³/mol. The summed E-state index contributed by atoms with van der Waals surface area (Å²) >= 11 is 0. The molecule has 0 spiro atoms. The second kappa shape index (κ2) is 13.9. The van der Waals surface area contributed by atoms with Gasteiger partial charge in [0.05, 0.1) is 26.9 Å². The summed E-state index contributed by atoms with van der Waals surface area (Å²) in [5.74, 6) is 2.70. The first-order valence-corrected chi connectivity index (χ1v) is 9.35. The van der Waals surface area contributed by atoms with Gasteiger partial charge in [0.15, 0.2) is 5.96 Å². The first kappa shape index (κ1) is 25.8. The standard InChI is InChI=1S/C20H35N3O3.HI/c1-7-21-20(23-15(4)9-8-14(2)3)22-13-19(24)16-10-17(25-5)12-18(11-16)26-6;/h10-12,14-15,19,24H,7-9,13H2,1-6H3,(H2,21,22,23);1H. The van der Waals surface area contributed by atoms with Crippen LogP contribution >= 0.6 is 24.0 Å². The number of ether oxygens (including phenoxy) is 2. The highest BCUT2D eigenvalue weighted by Crippen LogP contribution is 2.26. The predicted octanol–water partition coefficient (Wildman–Crippen LogP) is 3.74. The van der Waals surface area contributed by atoms with Crippen LogP contribution in [0.15, 0.2) is 23.2 Å². The summed E-state index contributed by atoms with van der Waals surface area (Å²) in [6, 6.07) is 5.70. The maximum atomic E-state index is 10.5. The minimum Gasteiger partial charge on any atom is -0.497 e. The van der Waals surface area contributed by atoms with Crippen molar-refractivity contribution in [2.45, 2.75) is 52.7 Å². The first-order chi connectivity index (χ1) is 12.4. The molecule has 0 saturated heterocycles. The quantitative estimate of drug-likeness (QED) is 0.263. The van der Waals surface area contributed by atoms with Gasteiger partial charge in [-0.3, -0.25) is 4.99 Å². The monoisotopic (exact) mass is 493 g/mol. The van der Waals surface area contributed by atoms with Gasteiger partial charge in [-0.25, -0.2) is 0 Å². The van der Waals surface area contributed by atoms with E-state index in [1.165, 1.54) is 6.42 Å². The lowest BCUT2D eigenvalue weighted by Crippen LogP contribution is -2.42. The summed E-state index contributed by atoms with van der Waals surface area (Å²) in [5.41, 5.74) is 0.716. The molecule has 0 aromatic heterocycles. The van der Waals surface area contributed by atoms with Gasteiger partial charge in [0, 0.05) is 18.7 Å². The minimum atomic E-state index is -0.736. The number of halogens is 1. The van der Waals surface area contributed by atoms with Gasteiger partial charge in [0.1, 0.15) is 11.5 Å². The smallest absolute Gasteiger partial charge is 0.191 e. The molecular weight excluding hydrogens is 457 g/mol. The number of hydrogen-bond acceptors (Lipinski definition) is 4. The fourth-order valence-electron chi connectivity index (χ4n) is 2.51. The van der Waals surface area contributed by atoms with Gasteiger partial charge < -0.3 is 25.2 Å². The summed E-state index contributed by atoms with van der Waals surface area (Å²) in [6.07, 6.45) is 1.51. The zero-order valence-corrected chi connectivity index (χ0v) is 19.7. The lowest BCUT2D eigenvalue weighted by atomic mass is 10.0. The van der Waals surface area contributed by atoms with E-state index in [1.54, 1.807) is 32.4 Å². The van der Waals surface area contributed by atoms with Crippen molar-refractivity contribution in [1.29, 1.82) is 0 Å². The van der Waals surface area contributed by atoms with Crippen LogP contribution in [0.3, 0.4) is 0 Å². The minimum absolute atomic E-state index is 0. The average Bonchev–Trinajstić information content (AvgIpc) is 2.63.